The molecule has 176 valence electrons. The van der Waals surface area contributed by atoms with Crippen molar-refractivity contribution in [2.45, 2.75) is 39.3 Å². The zero-order valence-electron chi connectivity index (χ0n) is 19.8. The first kappa shape index (κ1) is 22.1. The lowest BCUT2D eigenvalue weighted by Gasteiger charge is -2.15. The van der Waals surface area contributed by atoms with Gasteiger partial charge in [0.05, 0.1) is 36.9 Å². The quantitative estimate of drug-likeness (QED) is 0.472. The van der Waals surface area contributed by atoms with Gasteiger partial charge < -0.3 is 14.8 Å². The second-order valence-electron chi connectivity index (χ2n) is 8.85. The number of carbonyl (C=O) groups is 1. The van der Waals surface area contributed by atoms with Crippen LogP contribution in [-0.4, -0.2) is 56.7 Å². The van der Waals surface area contributed by atoms with Crippen molar-refractivity contribution in [1.29, 1.82) is 0 Å². The van der Waals surface area contributed by atoms with Crippen LogP contribution in [0.1, 0.15) is 42.2 Å². The van der Waals surface area contributed by atoms with Crippen molar-refractivity contribution in [3.63, 3.8) is 0 Å². The fourth-order valence-electron chi connectivity index (χ4n) is 4.12. The number of aryl methyl sites for hydroxylation is 1. The summed E-state index contributed by atoms with van der Waals surface area (Å²) in [5.41, 5.74) is 5.63. The van der Waals surface area contributed by atoms with Crippen molar-refractivity contribution in [3.8, 4) is 28.3 Å². The molecule has 0 spiro atoms. The van der Waals surface area contributed by atoms with Gasteiger partial charge in [0.1, 0.15) is 6.10 Å². The van der Waals surface area contributed by atoms with Crippen LogP contribution in [0.3, 0.4) is 0 Å². The minimum absolute atomic E-state index is 0.0605. The Balaban J connectivity index is 1.64. The van der Waals surface area contributed by atoms with Crippen LogP contribution in [0.2, 0.25) is 0 Å². The molecule has 0 radical (unpaired) electrons. The Morgan fingerprint density at radius 1 is 1.21 bits per heavy atom. The first-order chi connectivity index (χ1) is 16.4. The van der Waals surface area contributed by atoms with Gasteiger partial charge >= 0.3 is 0 Å². The average Bonchev–Trinajstić information content (AvgIpc) is 3.58. The number of ether oxygens (including phenoxy) is 2. The third-order valence-electron chi connectivity index (χ3n) is 5.93. The second-order valence-corrected chi connectivity index (χ2v) is 8.85. The fraction of sp³-hybridized carbons (Fsp3) is 0.360. The van der Waals surface area contributed by atoms with Crippen LogP contribution >= 0.6 is 0 Å². The van der Waals surface area contributed by atoms with Gasteiger partial charge in [-0.15, -0.1) is 5.10 Å². The highest BCUT2D eigenvalue weighted by molar-refractivity contribution is 5.95. The Labute approximate surface area is 197 Å². The summed E-state index contributed by atoms with van der Waals surface area (Å²) >= 11 is 0. The highest BCUT2D eigenvalue weighted by Gasteiger charge is 2.23. The van der Waals surface area contributed by atoms with Gasteiger partial charge in [-0.2, -0.15) is 5.10 Å². The van der Waals surface area contributed by atoms with Crippen molar-refractivity contribution in [1.82, 2.24) is 29.7 Å². The summed E-state index contributed by atoms with van der Waals surface area (Å²) in [5.74, 6) is 0.367. The lowest BCUT2D eigenvalue weighted by Crippen LogP contribution is -2.18. The number of rotatable bonds is 6. The third kappa shape index (κ3) is 4.14. The Hall–Kier alpha value is -3.72. The number of aromatic nitrogens is 5. The van der Waals surface area contributed by atoms with Crippen LogP contribution in [-0.2, 0) is 4.74 Å². The van der Waals surface area contributed by atoms with Gasteiger partial charge in [-0.25, -0.2) is 9.50 Å². The van der Waals surface area contributed by atoms with E-state index in [-0.39, 0.29) is 18.1 Å². The molecule has 1 N–H and O–H groups in total. The second kappa shape index (κ2) is 8.90. The van der Waals surface area contributed by atoms with E-state index in [1.165, 1.54) is 0 Å². The zero-order valence-corrected chi connectivity index (χ0v) is 19.8. The highest BCUT2D eigenvalue weighted by Crippen LogP contribution is 2.33. The molecule has 0 bridgehead atoms. The molecule has 0 saturated carbocycles. The summed E-state index contributed by atoms with van der Waals surface area (Å²) < 4.78 is 15.5. The molecule has 1 amide bonds. The van der Waals surface area contributed by atoms with E-state index in [0.717, 1.165) is 34.4 Å². The number of benzene rings is 1. The molecular weight excluding hydrogens is 432 g/mol. The fourth-order valence-corrected chi connectivity index (χ4v) is 4.12. The van der Waals surface area contributed by atoms with Crippen molar-refractivity contribution in [2.75, 3.05) is 20.3 Å². The first-order valence-corrected chi connectivity index (χ1v) is 11.4. The van der Waals surface area contributed by atoms with Crippen molar-refractivity contribution in [2.24, 2.45) is 0 Å². The molecule has 1 saturated heterocycles. The van der Waals surface area contributed by atoms with E-state index in [9.17, 15) is 4.79 Å². The molecule has 4 heterocycles. The van der Waals surface area contributed by atoms with E-state index in [1.807, 2.05) is 48.3 Å². The van der Waals surface area contributed by atoms with Crippen LogP contribution in [0, 0.1) is 6.92 Å². The minimum Gasteiger partial charge on any atom is -0.470 e. The maximum atomic E-state index is 12.3. The van der Waals surface area contributed by atoms with Crippen molar-refractivity contribution >= 4 is 11.6 Å². The maximum absolute atomic E-state index is 12.3. The molecule has 1 aliphatic heterocycles. The summed E-state index contributed by atoms with van der Waals surface area (Å²) in [7, 11) is 1.62. The summed E-state index contributed by atoms with van der Waals surface area (Å²) in [6, 6.07) is 7.94. The summed E-state index contributed by atoms with van der Waals surface area (Å²) in [6.45, 7) is 7.35. The van der Waals surface area contributed by atoms with Crippen LogP contribution in [0.5, 0.6) is 5.88 Å². The number of amides is 1. The zero-order chi connectivity index (χ0) is 23.8. The predicted octanol–water partition coefficient (Wildman–Crippen LogP) is 3.68. The van der Waals surface area contributed by atoms with Gasteiger partial charge in [0.15, 0.2) is 5.65 Å². The van der Waals surface area contributed by atoms with E-state index < -0.39 is 0 Å². The largest absolute Gasteiger partial charge is 0.470 e. The average molecular weight is 461 g/mol. The summed E-state index contributed by atoms with van der Waals surface area (Å²) in [4.78, 5) is 16.9. The number of imidazole rings is 1. The molecule has 5 rings (SSSR count). The smallest absolute Gasteiger partial charge is 0.251 e. The minimum atomic E-state index is -0.138. The predicted molar refractivity (Wildman–Crippen MR) is 128 cm³/mol. The van der Waals surface area contributed by atoms with Crippen LogP contribution < -0.4 is 10.1 Å². The molecule has 1 atom stereocenters. The topological polar surface area (TPSA) is 95.6 Å². The Morgan fingerprint density at radius 2 is 2.06 bits per heavy atom. The molecule has 1 aromatic carbocycles. The lowest BCUT2D eigenvalue weighted by atomic mass is 10.0. The number of hydrogen-bond acceptors (Lipinski definition) is 6. The first-order valence-electron chi connectivity index (χ1n) is 11.4. The molecule has 0 unspecified atom stereocenters. The van der Waals surface area contributed by atoms with Gasteiger partial charge in [0.25, 0.3) is 5.91 Å². The number of hydrogen-bond donors (Lipinski definition) is 1. The number of fused-ring (bicyclic) bond motifs is 1. The van der Waals surface area contributed by atoms with E-state index >= 15 is 0 Å². The van der Waals surface area contributed by atoms with Crippen molar-refractivity contribution in [3.05, 3.63) is 54.0 Å². The Kier molecular flexibility index (Phi) is 5.79. The van der Waals surface area contributed by atoms with Gasteiger partial charge in [-0.3, -0.25) is 9.48 Å². The number of nitrogens with one attached hydrogen (secondary N) is 1. The third-order valence-corrected chi connectivity index (χ3v) is 5.93. The normalized spacial score (nSPS) is 15.9. The Bertz CT molecular complexity index is 1350. The molecule has 3 aromatic heterocycles. The standard InChI is InChI=1S/C25H28N6O3/c1-15(2)30-13-19(11-28-30)21-10-23-27-12-22(17-7-16(3)8-18(9-17)24(32)26-4)31(23)29-25(21)34-20-5-6-33-14-20/h7-13,15,20H,5-6,14H2,1-4H3,(H,26,32)/t20-/m0/s1. The van der Waals surface area contributed by atoms with Crippen LogP contribution in [0.4, 0.5) is 0 Å². The maximum Gasteiger partial charge on any atom is 0.251 e. The molecule has 1 aliphatic rings. The molecular formula is C25H28N6O3. The SMILES string of the molecule is CNC(=O)c1cc(C)cc(-c2cnc3cc(-c4cnn(C(C)C)c4)c(O[C@H]4CCOC4)nn23)c1. The van der Waals surface area contributed by atoms with E-state index in [2.05, 4.69) is 29.2 Å². The van der Waals surface area contributed by atoms with Crippen LogP contribution in [0.15, 0.2) is 42.9 Å². The summed E-state index contributed by atoms with van der Waals surface area (Å²) in [5, 5.41) is 12.0. The molecule has 1 fully saturated rings. The molecule has 0 aliphatic carbocycles. The van der Waals surface area contributed by atoms with E-state index in [1.54, 1.807) is 17.8 Å². The van der Waals surface area contributed by atoms with Crippen LogP contribution in [0.25, 0.3) is 28.0 Å². The molecule has 9 heteroatoms. The van der Waals surface area contributed by atoms with Gasteiger partial charge in [0, 0.05) is 42.4 Å². The van der Waals surface area contributed by atoms with E-state index in [4.69, 9.17) is 14.6 Å². The summed E-state index contributed by atoms with van der Waals surface area (Å²) in [6.07, 6.45) is 6.35. The molecule has 34 heavy (non-hydrogen) atoms. The van der Waals surface area contributed by atoms with Gasteiger partial charge in [-0.05, 0) is 50.6 Å². The van der Waals surface area contributed by atoms with Crippen molar-refractivity contribution < 1.29 is 14.3 Å². The monoisotopic (exact) mass is 460 g/mol. The van der Waals surface area contributed by atoms with Gasteiger partial charge in [0.2, 0.25) is 5.88 Å². The highest BCUT2D eigenvalue weighted by atomic mass is 16.5. The molecule has 4 aromatic rings. The van der Waals surface area contributed by atoms with Gasteiger partial charge in [-0.1, -0.05) is 0 Å². The molecule has 9 nitrogen and oxygen atoms in total. The Morgan fingerprint density at radius 3 is 2.76 bits per heavy atom. The van der Waals surface area contributed by atoms with E-state index in [0.29, 0.717) is 30.3 Å². The number of carbonyl (C=O) groups excluding carboxylic acids is 1. The lowest BCUT2D eigenvalue weighted by molar-refractivity contribution is 0.0963. The number of nitrogens with zero attached hydrogens (tertiary/aromatic N) is 5.